The third kappa shape index (κ3) is 5.06. The van der Waals surface area contributed by atoms with Gasteiger partial charge in [0, 0.05) is 11.1 Å². The van der Waals surface area contributed by atoms with E-state index in [2.05, 4.69) is 44.0 Å². The van der Waals surface area contributed by atoms with Crippen LogP contribution in [0.15, 0.2) is 81.3 Å². The first kappa shape index (κ1) is 17.5. The lowest BCUT2D eigenvalue weighted by Gasteiger charge is -2.11. The van der Waals surface area contributed by atoms with Crippen molar-refractivity contribution in [3.05, 3.63) is 92.4 Å². The molecule has 0 radical (unpaired) electrons. The van der Waals surface area contributed by atoms with Gasteiger partial charge in [-0.1, -0.05) is 60.7 Å². The van der Waals surface area contributed by atoms with Gasteiger partial charge in [0.25, 0.3) is 0 Å². The Kier molecular flexibility index (Phi) is 6.58. The second kappa shape index (κ2) is 8.67. The SMILES string of the molecule is CC(C#N)=CC(=Cc1ccccc1)C(=C(Br)Br)c1ccccc1. The van der Waals surface area contributed by atoms with Crippen LogP contribution >= 0.6 is 31.9 Å². The third-order valence-electron chi connectivity index (χ3n) is 3.21. The molecule has 0 aliphatic rings. The van der Waals surface area contributed by atoms with Crippen molar-refractivity contribution in [3.8, 4) is 6.07 Å². The van der Waals surface area contributed by atoms with Crippen LogP contribution in [0, 0.1) is 11.3 Å². The number of nitriles is 1. The van der Waals surface area contributed by atoms with E-state index in [0.29, 0.717) is 5.57 Å². The summed E-state index contributed by atoms with van der Waals surface area (Å²) in [5, 5.41) is 9.16. The summed E-state index contributed by atoms with van der Waals surface area (Å²) in [5.74, 6) is 0. The van der Waals surface area contributed by atoms with Gasteiger partial charge in [-0.3, -0.25) is 0 Å². The highest BCUT2D eigenvalue weighted by atomic mass is 79.9. The number of halogens is 2. The van der Waals surface area contributed by atoms with E-state index in [1.165, 1.54) is 0 Å². The Hall–Kier alpha value is -1.89. The van der Waals surface area contributed by atoms with Gasteiger partial charge in [-0.15, -0.1) is 0 Å². The van der Waals surface area contributed by atoms with Crippen LogP contribution in [0.25, 0.3) is 11.6 Å². The summed E-state index contributed by atoms with van der Waals surface area (Å²) in [6.45, 7) is 1.81. The fourth-order valence-electron chi connectivity index (χ4n) is 2.17. The van der Waals surface area contributed by atoms with Gasteiger partial charge in [0.2, 0.25) is 0 Å². The standard InChI is InChI=1S/C20H15Br2N/c1-15(14-23)12-18(13-16-8-4-2-5-9-16)19(20(21)22)17-10-6-3-7-11-17/h2-13H,1H3. The van der Waals surface area contributed by atoms with Crippen molar-refractivity contribution in [1.29, 1.82) is 5.26 Å². The van der Waals surface area contributed by atoms with E-state index >= 15 is 0 Å². The maximum atomic E-state index is 9.16. The predicted octanol–water partition coefficient (Wildman–Crippen LogP) is 6.70. The summed E-state index contributed by atoms with van der Waals surface area (Å²) in [5.41, 5.74) is 4.77. The van der Waals surface area contributed by atoms with Crippen molar-refractivity contribution in [2.75, 3.05) is 0 Å². The van der Waals surface area contributed by atoms with Gasteiger partial charge in [-0.2, -0.15) is 5.26 Å². The number of hydrogen-bond acceptors (Lipinski definition) is 1. The van der Waals surface area contributed by atoms with Crippen molar-refractivity contribution in [1.82, 2.24) is 0 Å². The van der Waals surface area contributed by atoms with E-state index in [9.17, 15) is 0 Å². The zero-order valence-electron chi connectivity index (χ0n) is 12.6. The number of nitrogens with zero attached hydrogens (tertiary/aromatic N) is 1. The second-order valence-electron chi connectivity index (χ2n) is 4.95. The van der Waals surface area contributed by atoms with Crippen molar-refractivity contribution in [2.45, 2.75) is 6.92 Å². The zero-order chi connectivity index (χ0) is 16.7. The molecule has 0 heterocycles. The molecule has 0 bridgehead atoms. The molecule has 0 saturated heterocycles. The predicted molar refractivity (Wildman–Crippen MR) is 105 cm³/mol. The molecule has 0 amide bonds. The van der Waals surface area contributed by atoms with Crippen LogP contribution in [-0.4, -0.2) is 0 Å². The molecule has 0 fully saturated rings. The zero-order valence-corrected chi connectivity index (χ0v) is 15.8. The van der Waals surface area contributed by atoms with Crippen LogP contribution in [0.1, 0.15) is 18.1 Å². The Balaban J connectivity index is 2.64. The van der Waals surface area contributed by atoms with Crippen molar-refractivity contribution in [3.63, 3.8) is 0 Å². The number of allylic oxidation sites excluding steroid dienone is 4. The van der Waals surface area contributed by atoms with Crippen molar-refractivity contribution in [2.24, 2.45) is 0 Å². The molecule has 2 rings (SSSR count). The smallest absolute Gasteiger partial charge is 0.0944 e. The first-order valence-electron chi connectivity index (χ1n) is 7.08. The molecule has 0 unspecified atom stereocenters. The lowest BCUT2D eigenvalue weighted by Crippen LogP contribution is -1.90. The molecule has 1 nitrogen and oxygen atoms in total. The first-order chi connectivity index (χ1) is 11.1. The molecule has 2 aromatic carbocycles. The second-order valence-corrected chi connectivity index (χ2v) is 7.60. The molecule has 0 spiro atoms. The number of benzene rings is 2. The molecule has 3 heteroatoms. The first-order valence-corrected chi connectivity index (χ1v) is 8.66. The molecule has 0 aliphatic heterocycles. The average molecular weight is 429 g/mol. The maximum absolute atomic E-state index is 9.16. The highest BCUT2D eigenvalue weighted by Crippen LogP contribution is 2.35. The molecule has 0 aliphatic carbocycles. The van der Waals surface area contributed by atoms with Gasteiger partial charge in [0.15, 0.2) is 0 Å². The highest BCUT2D eigenvalue weighted by Gasteiger charge is 2.10. The van der Waals surface area contributed by atoms with Crippen molar-refractivity contribution >= 4 is 43.5 Å². The van der Waals surface area contributed by atoms with E-state index < -0.39 is 0 Å². The lowest BCUT2D eigenvalue weighted by molar-refractivity contribution is 1.43. The van der Waals surface area contributed by atoms with Gasteiger partial charge in [0.05, 0.1) is 9.46 Å². The van der Waals surface area contributed by atoms with Crippen molar-refractivity contribution < 1.29 is 0 Å². The minimum Gasteiger partial charge on any atom is -0.193 e. The summed E-state index contributed by atoms with van der Waals surface area (Å²) in [4.78, 5) is 0. The fraction of sp³-hybridized carbons (Fsp3) is 0.0500. The lowest BCUT2D eigenvalue weighted by atomic mass is 9.96. The van der Waals surface area contributed by atoms with E-state index in [0.717, 1.165) is 25.7 Å². The van der Waals surface area contributed by atoms with E-state index in [1.807, 2.05) is 73.7 Å². The van der Waals surface area contributed by atoms with Crippen LogP contribution in [-0.2, 0) is 0 Å². The van der Waals surface area contributed by atoms with E-state index in [-0.39, 0.29) is 0 Å². The minimum atomic E-state index is 0.655. The topological polar surface area (TPSA) is 23.8 Å². The Bertz CT molecular complexity index is 791. The Morgan fingerprint density at radius 1 is 0.957 bits per heavy atom. The van der Waals surface area contributed by atoms with E-state index in [4.69, 9.17) is 5.26 Å². The van der Waals surface area contributed by atoms with Gasteiger partial charge >= 0.3 is 0 Å². The molecule has 0 saturated carbocycles. The highest BCUT2D eigenvalue weighted by molar-refractivity contribution is 9.28. The van der Waals surface area contributed by atoms with Crippen LogP contribution in [0.3, 0.4) is 0 Å². The molecule has 23 heavy (non-hydrogen) atoms. The monoisotopic (exact) mass is 427 g/mol. The van der Waals surface area contributed by atoms with Gasteiger partial charge < -0.3 is 0 Å². The molecule has 0 atom stereocenters. The molecule has 114 valence electrons. The maximum Gasteiger partial charge on any atom is 0.0944 e. The van der Waals surface area contributed by atoms with Crippen LogP contribution in [0.2, 0.25) is 0 Å². The molecule has 0 N–H and O–H groups in total. The third-order valence-corrected chi connectivity index (χ3v) is 4.00. The summed E-state index contributed by atoms with van der Waals surface area (Å²) in [6.07, 6.45) is 3.98. The Morgan fingerprint density at radius 2 is 1.52 bits per heavy atom. The molecular weight excluding hydrogens is 414 g/mol. The number of rotatable bonds is 4. The minimum absolute atomic E-state index is 0.655. The normalized spacial score (nSPS) is 11.7. The summed E-state index contributed by atoms with van der Waals surface area (Å²) in [7, 11) is 0. The van der Waals surface area contributed by atoms with Gasteiger partial charge in [-0.05, 0) is 67.6 Å². The molecule has 2 aromatic rings. The number of hydrogen-bond donors (Lipinski definition) is 0. The summed E-state index contributed by atoms with van der Waals surface area (Å²) >= 11 is 7.09. The van der Waals surface area contributed by atoms with Gasteiger partial charge in [0.1, 0.15) is 0 Å². The van der Waals surface area contributed by atoms with Crippen LogP contribution in [0.4, 0.5) is 0 Å². The summed E-state index contributed by atoms with van der Waals surface area (Å²) in [6, 6.07) is 22.3. The Morgan fingerprint density at radius 3 is 2.04 bits per heavy atom. The Labute approximate surface area is 153 Å². The van der Waals surface area contributed by atoms with Gasteiger partial charge in [-0.25, -0.2) is 0 Å². The fourth-order valence-corrected chi connectivity index (χ4v) is 3.09. The van der Waals surface area contributed by atoms with Crippen LogP contribution < -0.4 is 0 Å². The largest absolute Gasteiger partial charge is 0.193 e. The summed E-state index contributed by atoms with van der Waals surface area (Å²) < 4.78 is 0.848. The van der Waals surface area contributed by atoms with Crippen LogP contribution in [0.5, 0.6) is 0 Å². The average Bonchev–Trinajstić information content (AvgIpc) is 2.56. The molecular formula is C20H15Br2N. The quantitative estimate of drug-likeness (QED) is 0.392. The van der Waals surface area contributed by atoms with E-state index in [1.54, 1.807) is 0 Å². The molecule has 0 aromatic heterocycles.